The van der Waals surface area contributed by atoms with Crippen molar-refractivity contribution in [1.29, 1.82) is 0 Å². The van der Waals surface area contributed by atoms with E-state index in [4.69, 9.17) is 11.6 Å². The Morgan fingerprint density at radius 3 is 2.85 bits per heavy atom. The number of carbonyl (C=O) groups excluding carboxylic acids is 1. The maximum absolute atomic E-state index is 12.2. The zero-order chi connectivity index (χ0) is 18.8. The van der Waals surface area contributed by atoms with Crippen LogP contribution < -0.4 is 10.9 Å². The molecule has 0 unspecified atom stereocenters. The highest BCUT2D eigenvalue weighted by Crippen LogP contribution is 2.26. The van der Waals surface area contributed by atoms with E-state index < -0.39 is 0 Å². The van der Waals surface area contributed by atoms with Crippen molar-refractivity contribution in [2.75, 3.05) is 11.1 Å². The molecule has 0 saturated carbocycles. The van der Waals surface area contributed by atoms with Gasteiger partial charge in [-0.05, 0) is 50.1 Å². The molecule has 0 bridgehead atoms. The second-order valence-corrected chi connectivity index (χ2v) is 8.60. The normalized spacial score (nSPS) is 11.1. The molecule has 0 saturated heterocycles. The first-order valence-electron chi connectivity index (χ1n) is 7.98. The fourth-order valence-corrected chi connectivity index (χ4v) is 4.53. The number of hydrogen-bond acceptors (Lipinski definition) is 5. The van der Waals surface area contributed by atoms with Gasteiger partial charge >= 0.3 is 0 Å². The zero-order valence-corrected chi connectivity index (χ0v) is 17.0. The lowest BCUT2D eigenvalue weighted by Gasteiger charge is -2.08. The number of benzene rings is 1. The molecule has 8 heteroatoms. The Balaban J connectivity index is 1.62. The summed E-state index contributed by atoms with van der Waals surface area (Å²) >= 11 is 8.84. The number of carbonyl (C=O) groups is 1. The molecule has 0 aliphatic heterocycles. The van der Waals surface area contributed by atoms with Gasteiger partial charge in [-0.1, -0.05) is 11.6 Å². The molecule has 0 aliphatic rings. The average Bonchev–Trinajstić information content (AvgIpc) is 2.85. The standard InChI is InChI=1S/C18H18ClN3O2S2/c1-9-6-12(19)4-5-13(9)20-15(23)8-25-7-14-21-17(24)16-10(2)11(3)26-18(16)22-14/h4-6H,7-8H2,1-3H3,(H,20,23)(H,21,22,24). The zero-order valence-electron chi connectivity index (χ0n) is 14.6. The Morgan fingerprint density at radius 2 is 2.12 bits per heavy atom. The number of hydrogen-bond donors (Lipinski definition) is 2. The van der Waals surface area contributed by atoms with E-state index in [0.29, 0.717) is 22.0 Å². The van der Waals surface area contributed by atoms with Crippen molar-refractivity contribution < 1.29 is 4.79 Å². The quantitative estimate of drug-likeness (QED) is 0.655. The molecule has 0 spiro atoms. The molecule has 1 aromatic carbocycles. The minimum Gasteiger partial charge on any atom is -0.325 e. The fraction of sp³-hybridized carbons (Fsp3) is 0.278. The van der Waals surface area contributed by atoms with Crippen LogP contribution in [-0.2, 0) is 10.5 Å². The van der Waals surface area contributed by atoms with Gasteiger partial charge in [0.25, 0.3) is 5.56 Å². The summed E-state index contributed by atoms with van der Waals surface area (Å²) in [5, 5.41) is 4.17. The lowest BCUT2D eigenvalue weighted by molar-refractivity contribution is -0.113. The van der Waals surface area contributed by atoms with Crippen LogP contribution in [0, 0.1) is 20.8 Å². The van der Waals surface area contributed by atoms with Crippen LogP contribution in [0.3, 0.4) is 0 Å². The molecule has 26 heavy (non-hydrogen) atoms. The summed E-state index contributed by atoms with van der Waals surface area (Å²) in [5.74, 6) is 1.22. The summed E-state index contributed by atoms with van der Waals surface area (Å²) in [7, 11) is 0. The van der Waals surface area contributed by atoms with E-state index in [1.165, 1.54) is 23.1 Å². The number of rotatable bonds is 5. The second-order valence-electron chi connectivity index (χ2n) is 5.98. The largest absolute Gasteiger partial charge is 0.325 e. The van der Waals surface area contributed by atoms with Gasteiger partial charge in [0.2, 0.25) is 5.91 Å². The van der Waals surface area contributed by atoms with Crippen molar-refractivity contribution in [2.45, 2.75) is 26.5 Å². The Morgan fingerprint density at radius 1 is 1.35 bits per heavy atom. The van der Waals surface area contributed by atoms with Crippen molar-refractivity contribution in [2.24, 2.45) is 0 Å². The predicted molar refractivity (Wildman–Crippen MR) is 111 cm³/mol. The highest BCUT2D eigenvalue weighted by Gasteiger charge is 2.12. The molecule has 2 aromatic heterocycles. The molecule has 0 aliphatic carbocycles. The molecule has 3 aromatic rings. The minimum absolute atomic E-state index is 0.105. The van der Waals surface area contributed by atoms with Gasteiger partial charge in [0.05, 0.1) is 16.9 Å². The van der Waals surface area contributed by atoms with Crippen LogP contribution in [0.5, 0.6) is 0 Å². The van der Waals surface area contributed by atoms with Gasteiger partial charge in [-0.2, -0.15) is 0 Å². The van der Waals surface area contributed by atoms with Crippen molar-refractivity contribution in [3.63, 3.8) is 0 Å². The SMILES string of the molecule is Cc1cc(Cl)ccc1NC(=O)CSCc1nc2sc(C)c(C)c2c(=O)[nH]1. The lowest BCUT2D eigenvalue weighted by Crippen LogP contribution is -2.16. The first kappa shape index (κ1) is 18.9. The number of nitrogens with one attached hydrogen (secondary N) is 2. The van der Waals surface area contributed by atoms with Crippen LogP contribution in [-0.4, -0.2) is 21.6 Å². The Labute approximate surface area is 164 Å². The number of thiophene rings is 1. The summed E-state index contributed by atoms with van der Waals surface area (Å²) in [6.45, 7) is 5.81. The van der Waals surface area contributed by atoms with Crippen LogP contribution in [0.2, 0.25) is 5.02 Å². The number of thioether (sulfide) groups is 1. The highest BCUT2D eigenvalue weighted by molar-refractivity contribution is 7.99. The predicted octanol–water partition coefficient (Wildman–Crippen LogP) is 4.44. The molecule has 0 fully saturated rings. The molecular weight excluding hydrogens is 390 g/mol. The van der Waals surface area contributed by atoms with Crippen molar-refractivity contribution in [1.82, 2.24) is 9.97 Å². The molecular formula is C18H18ClN3O2S2. The van der Waals surface area contributed by atoms with Gasteiger partial charge in [0.1, 0.15) is 10.7 Å². The lowest BCUT2D eigenvalue weighted by atomic mass is 10.2. The van der Waals surface area contributed by atoms with Gasteiger partial charge < -0.3 is 10.3 Å². The number of aryl methyl sites for hydroxylation is 3. The Bertz CT molecular complexity index is 1040. The van der Waals surface area contributed by atoms with Crippen molar-refractivity contribution in [3.8, 4) is 0 Å². The number of H-pyrrole nitrogens is 1. The fourth-order valence-electron chi connectivity index (χ4n) is 2.56. The maximum atomic E-state index is 12.2. The monoisotopic (exact) mass is 407 g/mol. The van der Waals surface area contributed by atoms with Gasteiger partial charge in [-0.25, -0.2) is 4.98 Å². The third kappa shape index (κ3) is 4.11. The summed E-state index contributed by atoms with van der Waals surface area (Å²) in [5.41, 5.74) is 2.53. The number of aromatic nitrogens is 2. The maximum Gasteiger partial charge on any atom is 0.259 e. The van der Waals surface area contributed by atoms with E-state index >= 15 is 0 Å². The molecule has 5 nitrogen and oxygen atoms in total. The Kier molecular flexibility index (Phi) is 5.70. The highest BCUT2D eigenvalue weighted by atomic mass is 35.5. The first-order valence-corrected chi connectivity index (χ1v) is 10.3. The summed E-state index contributed by atoms with van der Waals surface area (Å²) < 4.78 is 0. The van der Waals surface area contributed by atoms with Gasteiger partial charge in [-0.3, -0.25) is 9.59 Å². The molecule has 0 radical (unpaired) electrons. The first-order chi connectivity index (χ1) is 12.3. The topological polar surface area (TPSA) is 74.8 Å². The summed E-state index contributed by atoms with van der Waals surface area (Å²) in [6, 6.07) is 5.33. The van der Waals surface area contributed by atoms with Crippen molar-refractivity contribution in [3.05, 3.63) is 55.4 Å². The molecule has 2 N–H and O–H groups in total. The van der Waals surface area contributed by atoms with Gasteiger partial charge in [-0.15, -0.1) is 23.1 Å². The number of amides is 1. The third-order valence-electron chi connectivity index (χ3n) is 4.02. The average molecular weight is 408 g/mol. The molecule has 0 atom stereocenters. The number of anilines is 1. The van der Waals surface area contributed by atoms with Crippen LogP contribution in [0.15, 0.2) is 23.0 Å². The second kappa shape index (κ2) is 7.82. The van der Waals surface area contributed by atoms with Crippen molar-refractivity contribution >= 4 is 56.5 Å². The van der Waals surface area contributed by atoms with Crippen LogP contribution in [0.4, 0.5) is 5.69 Å². The van der Waals surface area contributed by atoms with Crippen LogP contribution >= 0.6 is 34.7 Å². The van der Waals surface area contributed by atoms with E-state index in [1.807, 2.05) is 20.8 Å². The molecule has 136 valence electrons. The van der Waals surface area contributed by atoms with Crippen LogP contribution in [0.25, 0.3) is 10.2 Å². The number of fused-ring (bicyclic) bond motifs is 1. The van der Waals surface area contributed by atoms with Gasteiger partial charge in [0.15, 0.2) is 0 Å². The Hall–Kier alpha value is -1.83. The molecule has 1 amide bonds. The van der Waals surface area contributed by atoms with E-state index in [1.54, 1.807) is 18.2 Å². The minimum atomic E-state index is -0.117. The molecule has 2 heterocycles. The number of aromatic amines is 1. The van der Waals surface area contributed by atoms with E-state index in [-0.39, 0.29) is 17.2 Å². The molecule has 3 rings (SSSR count). The van der Waals surface area contributed by atoms with E-state index in [0.717, 1.165) is 26.5 Å². The third-order valence-corrected chi connectivity index (χ3v) is 6.30. The summed E-state index contributed by atoms with van der Waals surface area (Å²) in [4.78, 5) is 33.5. The van der Waals surface area contributed by atoms with Crippen LogP contribution in [0.1, 0.15) is 21.8 Å². The number of nitrogens with zero attached hydrogens (tertiary/aromatic N) is 1. The van der Waals surface area contributed by atoms with E-state index in [9.17, 15) is 9.59 Å². The van der Waals surface area contributed by atoms with E-state index in [2.05, 4.69) is 15.3 Å². The number of halogens is 1. The van der Waals surface area contributed by atoms with Gasteiger partial charge in [0, 0.05) is 15.6 Å². The smallest absolute Gasteiger partial charge is 0.259 e. The summed E-state index contributed by atoms with van der Waals surface area (Å²) in [6.07, 6.45) is 0.